The van der Waals surface area contributed by atoms with Gasteiger partial charge in [-0.1, -0.05) is 12.1 Å². The van der Waals surface area contributed by atoms with E-state index < -0.39 is 0 Å². The Hall–Kier alpha value is -2.36. The van der Waals surface area contributed by atoms with Gasteiger partial charge in [0.1, 0.15) is 11.6 Å². The number of rotatable bonds is 4. The summed E-state index contributed by atoms with van der Waals surface area (Å²) in [4.78, 5) is 12.3. The molecule has 1 N–H and O–H groups in total. The Morgan fingerprint density at radius 1 is 1.17 bits per heavy atom. The zero-order valence-electron chi connectivity index (χ0n) is 13.3. The fraction of sp³-hybridized carbons (Fsp3) is 0.316. The van der Waals surface area contributed by atoms with E-state index in [-0.39, 0.29) is 23.9 Å². The number of carbonyl (C=O) groups excluding carboxylic acids is 1. The minimum Gasteiger partial charge on any atom is -0.491 e. The SMILES string of the molecule is CC(C)Oc1cccc2c1CC(NC(=O)c1ccc(F)cc1)C2. The van der Waals surface area contributed by atoms with E-state index in [1.54, 1.807) is 0 Å². The van der Waals surface area contributed by atoms with Gasteiger partial charge in [-0.05, 0) is 68.1 Å². The molecule has 0 spiro atoms. The van der Waals surface area contributed by atoms with Crippen molar-refractivity contribution in [2.24, 2.45) is 0 Å². The molecule has 0 fully saturated rings. The third-order valence-corrected chi connectivity index (χ3v) is 3.95. The van der Waals surface area contributed by atoms with E-state index in [0.29, 0.717) is 5.56 Å². The minimum atomic E-state index is -0.342. The van der Waals surface area contributed by atoms with Gasteiger partial charge in [-0.25, -0.2) is 4.39 Å². The van der Waals surface area contributed by atoms with Crippen LogP contribution in [0.3, 0.4) is 0 Å². The first kappa shape index (κ1) is 15.5. The summed E-state index contributed by atoms with van der Waals surface area (Å²) in [5.74, 6) is 0.385. The molecule has 1 aliphatic carbocycles. The molecular formula is C19H20FNO2. The highest BCUT2D eigenvalue weighted by Gasteiger charge is 2.26. The number of hydrogen-bond donors (Lipinski definition) is 1. The lowest BCUT2D eigenvalue weighted by molar-refractivity contribution is 0.0938. The highest BCUT2D eigenvalue weighted by molar-refractivity contribution is 5.94. The summed E-state index contributed by atoms with van der Waals surface area (Å²) >= 11 is 0. The second kappa shape index (κ2) is 6.41. The van der Waals surface area contributed by atoms with E-state index in [0.717, 1.165) is 18.6 Å². The average molecular weight is 313 g/mol. The standard InChI is InChI=1S/C19H20FNO2/c1-12(2)23-18-5-3-4-14-10-16(11-17(14)18)21-19(22)13-6-8-15(20)9-7-13/h3-9,12,16H,10-11H2,1-2H3,(H,21,22). The molecule has 0 saturated heterocycles. The van der Waals surface area contributed by atoms with Crippen LogP contribution in [-0.4, -0.2) is 18.1 Å². The van der Waals surface area contributed by atoms with Gasteiger partial charge >= 0.3 is 0 Å². The van der Waals surface area contributed by atoms with Gasteiger partial charge in [-0.15, -0.1) is 0 Å². The summed E-state index contributed by atoms with van der Waals surface area (Å²) in [5, 5.41) is 3.03. The monoisotopic (exact) mass is 313 g/mol. The normalized spacial score (nSPS) is 16.3. The molecular weight excluding hydrogens is 293 g/mol. The number of ether oxygens (including phenoxy) is 1. The molecule has 3 rings (SSSR count). The van der Waals surface area contributed by atoms with Crippen molar-refractivity contribution in [1.82, 2.24) is 5.32 Å². The summed E-state index contributed by atoms with van der Waals surface area (Å²) in [6.07, 6.45) is 1.66. The van der Waals surface area contributed by atoms with E-state index in [1.807, 2.05) is 26.0 Å². The first-order valence-electron chi connectivity index (χ1n) is 7.87. The van der Waals surface area contributed by atoms with Crippen molar-refractivity contribution in [1.29, 1.82) is 0 Å². The Balaban J connectivity index is 1.70. The van der Waals surface area contributed by atoms with Crippen molar-refractivity contribution in [2.45, 2.75) is 38.8 Å². The van der Waals surface area contributed by atoms with E-state index in [9.17, 15) is 9.18 Å². The van der Waals surface area contributed by atoms with E-state index in [2.05, 4.69) is 11.4 Å². The van der Waals surface area contributed by atoms with Crippen LogP contribution >= 0.6 is 0 Å². The van der Waals surface area contributed by atoms with Crippen molar-refractivity contribution in [3.05, 3.63) is 65.0 Å². The second-order valence-electron chi connectivity index (χ2n) is 6.15. The van der Waals surface area contributed by atoms with Crippen LogP contribution in [0.2, 0.25) is 0 Å². The van der Waals surface area contributed by atoms with Gasteiger partial charge in [-0.3, -0.25) is 4.79 Å². The maximum Gasteiger partial charge on any atom is 0.251 e. The molecule has 120 valence electrons. The zero-order valence-corrected chi connectivity index (χ0v) is 13.3. The summed E-state index contributed by atoms with van der Waals surface area (Å²) in [5.41, 5.74) is 2.86. The second-order valence-corrected chi connectivity index (χ2v) is 6.15. The Labute approximate surface area is 135 Å². The molecule has 1 amide bonds. The lowest BCUT2D eigenvalue weighted by Crippen LogP contribution is -2.35. The number of carbonyl (C=O) groups is 1. The molecule has 0 bridgehead atoms. The van der Waals surface area contributed by atoms with Gasteiger partial charge in [-0.2, -0.15) is 0 Å². The number of hydrogen-bond acceptors (Lipinski definition) is 2. The predicted octanol–water partition coefficient (Wildman–Crippen LogP) is 3.51. The number of amides is 1. The lowest BCUT2D eigenvalue weighted by Gasteiger charge is -2.14. The first-order valence-corrected chi connectivity index (χ1v) is 7.87. The van der Waals surface area contributed by atoms with Gasteiger partial charge in [0.15, 0.2) is 0 Å². The molecule has 0 radical (unpaired) electrons. The largest absolute Gasteiger partial charge is 0.491 e. The van der Waals surface area contributed by atoms with Crippen LogP contribution < -0.4 is 10.1 Å². The predicted molar refractivity (Wildman–Crippen MR) is 87.3 cm³/mol. The van der Waals surface area contributed by atoms with Crippen LogP contribution in [0, 0.1) is 5.82 Å². The van der Waals surface area contributed by atoms with Gasteiger partial charge in [0, 0.05) is 11.6 Å². The molecule has 1 atom stereocenters. The fourth-order valence-corrected chi connectivity index (χ4v) is 2.95. The minimum absolute atomic E-state index is 0.0412. The summed E-state index contributed by atoms with van der Waals surface area (Å²) in [6, 6.07) is 11.7. The average Bonchev–Trinajstić information content (AvgIpc) is 2.91. The quantitative estimate of drug-likeness (QED) is 0.938. The molecule has 23 heavy (non-hydrogen) atoms. The van der Waals surface area contributed by atoms with Gasteiger partial charge in [0.25, 0.3) is 5.91 Å². The molecule has 0 heterocycles. The molecule has 0 aromatic heterocycles. The van der Waals surface area contributed by atoms with Crippen molar-refractivity contribution in [2.75, 3.05) is 0 Å². The number of nitrogens with one attached hydrogen (secondary N) is 1. The van der Waals surface area contributed by atoms with Crippen LogP contribution in [0.25, 0.3) is 0 Å². The van der Waals surface area contributed by atoms with Gasteiger partial charge < -0.3 is 10.1 Å². The first-order chi connectivity index (χ1) is 11.0. The van der Waals surface area contributed by atoms with E-state index in [1.165, 1.54) is 35.4 Å². The topological polar surface area (TPSA) is 38.3 Å². The third kappa shape index (κ3) is 3.52. The molecule has 1 unspecified atom stereocenters. The van der Waals surface area contributed by atoms with E-state index in [4.69, 9.17) is 4.74 Å². The van der Waals surface area contributed by atoms with Crippen molar-refractivity contribution >= 4 is 5.91 Å². The van der Waals surface area contributed by atoms with E-state index >= 15 is 0 Å². The highest BCUT2D eigenvalue weighted by atomic mass is 19.1. The van der Waals surface area contributed by atoms with Gasteiger partial charge in [0.05, 0.1) is 6.10 Å². The number of benzene rings is 2. The maximum absolute atomic E-state index is 12.9. The lowest BCUT2D eigenvalue weighted by atomic mass is 10.1. The molecule has 2 aromatic carbocycles. The third-order valence-electron chi connectivity index (χ3n) is 3.95. The van der Waals surface area contributed by atoms with Crippen molar-refractivity contribution in [3.8, 4) is 5.75 Å². The fourth-order valence-electron chi connectivity index (χ4n) is 2.95. The number of halogens is 1. The molecule has 3 nitrogen and oxygen atoms in total. The molecule has 1 aliphatic rings. The Morgan fingerprint density at radius 2 is 1.91 bits per heavy atom. The summed E-state index contributed by atoms with van der Waals surface area (Å²) < 4.78 is 18.8. The molecule has 0 aliphatic heterocycles. The summed E-state index contributed by atoms with van der Waals surface area (Å²) in [6.45, 7) is 4.00. The molecule has 0 saturated carbocycles. The van der Waals surface area contributed by atoms with Crippen LogP contribution in [0.5, 0.6) is 5.75 Å². The Bertz CT molecular complexity index is 710. The highest BCUT2D eigenvalue weighted by Crippen LogP contribution is 2.31. The van der Waals surface area contributed by atoms with Crippen molar-refractivity contribution in [3.63, 3.8) is 0 Å². The van der Waals surface area contributed by atoms with Crippen LogP contribution in [0.1, 0.15) is 35.3 Å². The molecule has 2 aromatic rings. The van der Waals surface area contributed by atoms with Gasteiger partial charge in [0.2, 0.25) is 0 Å². The Kier molecular flexibility index (Phi) is 4.33. The van der Waals surface area contributed by atoms with Crippen LogP contribution in [-0.2, 0) is 12.8 Å². The summed E-state index contributed by atoms with van der Waals surface area (Å²) in [7, 11) is 0. The van der Waals surface area contributed by atoms with Crippen LogP contribution in [0.4, 0.5) is 4.39 Å². The Morgan fingerprint density at radius 3 is 2.61 bits per heavy atom. The zero-order chi connectivity index (χ0) is 16.4. The van der Waals surface area contributed by atoms with Crippen molar-refractivity contribution < 1.29 is 13.9 Å². The smallest absolute Gasteiger partial charge is 0.251 e. The molecule has 4 heteroatoms. The number of fused-ring (bicyclic) bond motifs is 1. The maximum atomic E-state index is 12.9. The van der Waals surface area contributed by atoms with Crippen LogP contribution in [0.15, 0.2) is 42.5 Å².